The normalized spacial score (nSPS) is 22.4. The first-order valence-corrected chi connectivity index (χ1v) is 4.78. The van der Waals surface area contributed by atoms with Gasteiger partial charge in [0.2, 0.25) is 0 Å². The maximum atomic E-state index is 11.1. The molecule has 1 aromatic heterocycles. The molecule has 1 unspecified atom stereocenters. The van der Waals surface area contributed by atoms with Gasteiger partial charge in [0, 0.05) is 5.56 Å². The number of hydrogen-bond donors (Lipinski definition) is 2. The van der Waals surface area contributed by atoms with Gasteiger partial charge in [0.15, 0.2) is 0 Å². The Morgan fingerprint density at radius 1 is 1.67 bits per heavy atom. The Balaban J connectivity index is 2.63. The van der Waals surface area contributed by atoms with E-state index in [1.54, 1.807) is 0 Å². The number of carboxylic acids is 1. The standard InChI is InChI=1S/C10H13N3O2/c1-10(2)3-5(9(14)15)6-4-12-13-8(11)7(6)10/h4-5H,3H2,1-2H3,(H2,11,13)(H,14,15). The summed E-state index contributed by atoms with van der Waals surface area (Å²) in [5.41, 5.74) is 7.05. The second-order valence-electron chi connectivity index (χ2n) is 4.54. The number of rotatable bonds is 1. The molecular weight excluding hydrogens is 194 g/mol. The summed E-state index contributed by atoms with van der Waals surface area (Å²) >= 11 is 0. The van der Waals surface area contributed by atoms with Crippen LogP contribution in [0.3, 0.4) is 0 Å². The van der Waals surface area contributed by atoms with E-state index in [1.807, 2.05) is 13.8 Å². The molecule has 1 atom stereocenters. The van der Waals surface area contributed by atoms with Gasteiger partial charge in [0.05, 0.1) is 12.1 Å². The maximum absolute atomic E-state index is 11.1. The van der Waals surface area contributed by atoms with E-state index < -0.39 is 11.9 Å². The minimum Gasteiger partial charge on any atom is -0.481 e. The summed E-state index contributed by atoms with van der Waals surface area (Å²) < 4.78 is 0. The molecule has 5 heteroatoms. The summed E-state index contributed by atoms with van der Waals surface area (Å²) in [4.78, 5) is 11.1. The molecule has 5 nitrogen and oxygen atoms in total. The Hall–Kier alpha value is -1.65. The van der Waals surface area contributed by atoms with Gasteiger partial charge in [-0.15, -0.1) is 5.10 Å². The lowest BCUT2D eigenvalue weighted by Crippen LogP contribution is -2.16. The van der Waals surface area contributed by atoms with E-state index in [1.165, 1.54) is 6.20 Å². The minimum absolute atomic E-state index is 0.238. The van der Waals surface area contributed by atoms with E-state index in [0.29, 0.717) is 17.8 Å². The fourth-order valence-corrected chi connectivity index (χ4v) is 2.36. The molecular formula is C10H13N3O2. The van der Waals surface area contributed by atoms with Gasteiger partial charge < -0.3 is 10.8 Å². The average Bonchev–Trinajstić information content (AvgIpc) is 2.39. The Bertz CT molecular complexity index is 429. The molecule has 0 spiro atoms. The number of fused-ring (bicyclic) bond motifs is 1. The lowest BCUT2D eigenvalue weighted by atomic mass is 9.86. The maximum Gasteiger partial charge on any atom is 0.311 e. The van der Waals surface area contributed by atoms with Gasteiger partial charge in [-0.1, -0.05) is 13.8 Å². The number of anilines is 1. The molecule has 0 saturated carbocycles. The first kappa shape index (κ1) is 9.89. The highest BCUT2D eigenvalue weighted by atomic mass is 16.4. The SMILES string of the molecule is CC1(C)CC(C(=O)O)c2cnnc(N)c21. The molecule has 0 aromatic carbocycles. The zero-order valence-corrected chi connectivity index (χ0v) is 8.69. The lowest BCUT2D eigenvalue weighted by molar-refractivity contribution is -0.139. The van der Waals surface area contributed by atoms with E-state index in [2.05, 4.69) is 10.2 Å². The number of nitrogen functional groups attached to an aromatic ring is 1. The molecule has 80 valence electrons. The summed E-state index contributed by atoms with van der Waals surface area (Å²) in [7, 11) is 0. The minimum atomic E-state index is -0.825. The van der Waals surface area contributed by atoms with Gasteiger partial charge >= 0.3 is 5.97 Å². The third-order valence-corrected chi connectivity index (χ3v) is 2.97. The topological polar surface area (TPSA) is 89.1 Å². The van der Waals surface area contributed by atoms with E-state index in [4.69, 9.17) is 10.8 Å². The van der Waals surface area contributed by atoms with Crippen molar-refractivity contribution in [2.75, 3.05) is 5.73 Å². The molecule has 0 bridgehead atoms. The predicted octanol–water partition coefficient (Wildman–Crippen LogP) is 0.908. The van der Waals surface area contributed by atoms with Gasteiger partial charge in [-0.25, -0.2) is 0 Å². The van der Waals surface area contributed by atoms with Crippen LogP contribution in [0.15, 0.2) is 6.20 Å². The van der Waals surface area contributed by atoms with Crippen molar-refractivity contribution >= 4 is 11.8 Å². The Labute approximate surface area is 87.3 Å². The van der Waals surface area contributed by atoms with Crippen LogP contribution in [0.1, 0.15) is 37.3 Å². The van der Waals surface area contributed by atoms with Crippen LogP contribution in [0.25, 0.3) is 0 Å². The summed E-state index contributed by atoms with van der Waals surface area (Å²) in [5, 5.41) is 16.6. The molecule has 15 heavy (non-hydrogen) atoms. The monoisotopic (exact) mass is 207 g/mol. The molecule has 0 aliphatic heterocycles. The molecule has 1 aromatic rings. The van der Waals surface area contributed by atoms with E-state index in [-0.39, 0.29) is 5.41 Å². The van der Waals surface area contributed by atoms with Crippen LogP contribution in [0.4, 0.5) is 5.82 Å². The first-order chi connectivity index (χ1) is 6.93. The zero-order chi connectivity index (χ0) is 11.2. The highest BCUT2D eigenvalue weighted by molar-refractivity contribution is 5.79. The average molecular weight is 207 g/mol. The highest BCUT2D eigenvalue weighted by Gasteiger charge is 2.42. The third kappa shape index (κ3) is 1.35. The lowest BCUT2D eigenvalue weighted by Gasteiger charge is -2.19. The summed E-state index contributed by atoms with van der Waals surface area (Å²) in [6, 6.07) is 0. The molecule has 3 N–H and O–H groups in total. The number of carbonyl (C=O) groups is 1. The largest absolute Gasteiger partial charge is 0.481 e. The number of nitrogens with zero attached hydrogens (tertiary/aromatic N) is 2. The summed E-state index contributed by atoms with van der Waals surface area (Å²) in [6.45, 7) is 3.96. The number of nitrogens with two attached hydrogens (primary N) is 1. The fourth-order valence-electron chi connectivity index (χ4n) is 2.36. The van der Waals surface area contributed by atoms with Crippen LogP contribution < -0.4 is 5.73 Å². The van der Waals surface area contributed by atoms with Crippen molar-refractivity contribution < 1.29 is 9.90 Å². The molecule has 2 rings (SSSR count). The summed E-state index contributed by atoms with van der Waals surface area (Å²) in [6.07, 6.45) is 2.06. The van der Waals surface area contributed by atoms with Crippen molar-refractivity contribution in [1.29, 1.82) is 0 Å². The number of hydrogen-bond acceptors (Lipinski definition) is 4. The second kappa shape index (κ2) is 2.92. The summed E-state index contributed by atoms with van der Waals surface area (Å²) in [5.74, 6) is -0.983. The van der Waals surface area contributed by atoms with Gasteiger partial charge in [0.1, 0.15) is 5.82 Å². The quantitative estimate of drug-likeness (QED) is 0.714. The molecule has 0 fully saturated rings. The second-order valence-corrected chi connectivity index (χ2v) is 4.54. The van der Waals surface area contributed by atoms with Crippen molar-refractivity contribution in [3.05, 3.63) is 17.3 Å². The van der Waals surface area contributed by atoms with Gasteiger partial charge in [-0.2, -0.15) is 5.10 Å². The van der Waals surface area contributed by atoms with Gasteiger partial charge in [-0.05, 0) is 17.4 Å². The van der Waals surface area contributed by atoms with Crippen molar-refractivity contribution in [2.24, 2.45) is 0 Å². The Morgan fingerprint density at radius 3 is 2.93 bits per heavy atom. The van der Waals surface area contributed by atoms with Gasteiger partial charge in [0.25, 0.3) is 0 Å². The van der Waals surface area contributed by atoms with Crippen molar-refractivity contribution in [2.45, 2.75) is 31.6 Å². The van der Waals surface area contributed by atoms with Crippen molar-refractivity contribution in [3.63, 3.8) is 0 Å². The van der Waals surface area contributed by atoms with Crippen LogP contribution >= 0.6 is 0 Å². The smallest absolute Gasteiger partial charge is 0.311 e. The van der Waals surface area contributed by atoms with Crippen LogP contribution in [0.2, 0.25) is 0 Å². The molecule has 1 heterocycles. The zero-order valence-electron chi connectivity index (χ0n) is 8.69. The predicted molar refractivity (Wildman–Crippen MR) is 54.5 cm³/mol. The molecule has 0 saturated heterocycles. The van der Waals surface area contributed by atoms with Crippen LogP contribution in [-0.4, -0.2) is 21.3 Å². The highest BCUT2D eigenvalue weighted by Crippen LogP contribution is 2.47. The number of aliphatic carboxylic acids is 1. The molecule has 0 amide bonds. The van der Waals surface area contributed by atoms with E-state index in [0.717, 1.165) is 5.56 Å². The van der Waals surface area contributed by atoms with Gasteiger partial charge in [-0.3, -0.25) is 4.79 Å². The number of carboxylic acid groups (broad SMARTS) is 1. The van der Waals surface area contributed by atoms with Crippen LogP contribution in [0.5, 0.6) is 0 Å². The van der Waals surface area contributed by atoms with E-state index in [9.17, 15) is 4.79 Å². The van der Waals surface area contributed by atoms with Crippen LogP contribution in [0, 0.1) is 0 Å². The Morgan fingerprint density at radius 2 is 2.33 bits per heavy atom. The molecule has 1 aliphatic carbocycles. The van der Waals surface area contributed by atoms with Crippen LogP contribution in [-0.2, 0) is 10.2 Å². The number of aromatic nitrogens is 2. The Kier molecular flexibility index (Phi) is 1.92. The third-order valence-electron chi connectivity index (χ3n) is 2.97. The van der Waals surface area contributed by atoms with Crippen molar-refractivity contribution in [1.82, 2.24) is 10.2 Å². The van der Waals surface area contributed by atoms with Crippen molar-refractivity contribution in [3.8, 4) is 0 Å². The fraction of sp³-hybridized carbons (Fsp3) is 0.500. The van der Waals surface area contributed by atoms with E-state index >= 15 is 0 Å². The molecule has 1 aliphatic rings. The molecule has 0 radical (unpaired) electrons. The first-order valence-electron chi connectivity index (χ1n) is 4.78.